The Morgan fingerprint density at radius 2 is 0.865 bits per heavy atom. The molecule has 3 heterocycles. The van der Waals surface area contributed by atoms with E-state index in [0.717, 1.165) is 57.8 Å². The van der Waals surface area contributed by atoms with Crippen LogP contribution in [0.4, 0.5) is 0 Å². The Morgan fingerprint density at radius 3 is 1.35 bits per heavy atom. The Labute approximate surface area is 440 Å². The third-order valence-electron chi connectivity index (χ3n) is 14.2. The van der Waals surface area contributed by atoms with Gasteiger partial charge < -0.3 is 89.9 Å². The van der Waals surface area contributed by atoms with Crippen LogP contribution >= 0.6 is 0 Å². The lowest BCUT2D eigenvalue weighted by atomic mass is 9.96. The maximum Gasteiger partial charge on any atom is 0.220 e. The first kappa shape index (κ1) is 66.3. The molecule has 0 aromatic carbocycles. The molecule has 1 amide bonds. The zero-order valence-electron chi connectivity index (χ0n) is 44.6. The molecule has 12 N–H and O–H groups in total. The highest BCUT2D eigenvalue weighted by Crippen LogP contribution is 2.33. The fourth-order valence-corrected chi connectivity index (χ4v) is 9.46. The molecule has 3 saturated heterocycles. The largest absolute Gasteiger partial charge is 0.394 e. The predicted molar refractivity (Wildman–Crippen MR) is 277 cm³/mol. The second-order valence-corrected chi connectivity index (χ2v) is 20.4. The average molecular weight is 1060 g/mol. The summed E-state index contributed by atoms with van der Waals surface area (Å²) in [6, 6.07) is -0.990. The van der Waals surface area contributed by atoms with Gasteiger partial charge in [0.05, 0.1) is 38.6 Å². The highest BCUT2D eigenvalue weighted by molar-refractivity contribution is 5.76. The topological polar surface area (TPSA) is 307 Å². The third-order valence-corrected chi connectivity index (χ3v) is 14.2. The quantitative estimate of drug-likeness (QED) is 0.0307. The van der Waals surface area contributed by atoms with Crippen molar-refractivity contribution in [1.29, 1.82) is 0 Å². The van der Waals surface area contributed by atoms with E-state index in [1.165, 1.54) is 83.5 Å². The molecule has 3 fully saturated rings. The van der Waals surface area contributed by atoms with Crippen molar-refractivity contribution in [3.63, 3.8) is 0 Å². The number of amides is 1. The molecule has 3 aliphatic rings. The molecule has 3 aliphatic heterocycles. The molecule has 19 nitrogen and oxygen atoms in total. The number of hydrogen-bond donors (Lipinski definition) is 12. The smallest absolute Gasteiger partial charge is 0.220 e. The van der Waals surface area contributed by atoms with Crippen molar-refractivity contribution in [2.75, 3.05) is 26.4 Å². The fraction of sp³-hybridized carbons (Fsp3) is 0.873. The zero-order chi connectivity index (χ0) is 54.1. The van der Waals surface area contributed by atoms with Gasteiger partial charge in [0, 0.05) is 6.42 Å². The first-order valence-corrected chi connectivity index (χ1v) is 28.2. The van der Waals surface area contributed by atoms with Crippen molar-refractivity contribution in [2.24, 2.45) is 0 Å². The molecule has 17 unspecified atom stereocenters. The van der Waals surface area contributed by atoms with Crippen LogP contribution in [0, 0.1) is 0 Å². The van der Waals surface area contributed by atoms with Crippen LogP contribution in [0.15, 0.2) is 36.5 Å². The van der Waals surface area contributed by atoms with Gasteiger partial charge in [0.25, 0.3) is 0 Å². The van der Waals surface area contributed by atoms with Gasteiger partial charge in [-0.05, 0) is 44.9 Å². The van der Waals surface area contributed by atoms with E-state index in [2.05, 4.69) is 43.5 Å². The zero-order valence-corrected chi connectivity index (χ0v) is 44.6. The monoisotopic (exact) mass is 1060 g/mol. The van der Waals surface area contributed by atoms with E-state index in [9.17, 15) is 61.0 Å². The molecule has 19 heteroatoms. The highest BCUT2D eigenvalue weighted by atomic mass is 16.8. The first-order chi connectivity index (χ1) is 35.8. The van der Waals surface area contributed by atoms with Crippen LogP contribution in [0.3, 0.4) is 0 Å². The van der Waals surface area contributed by atoms with Crippen LogP contribution in [0.25, 0.3) is 0 Å². The number of rotatable bonds is 40. The summed E-state index contributed by atoms with van der Waals surface area (Å²) in [6.45, 7) is 1.59. The molecular weight excluding hydrogens is 963 g/mol. The van der Waals surface area contributed by atoms with Gasteiger partial charge in [-0.2, -0.15) is 0 Å². The van der Waals surface area contributed by atoms with Crippen molar-refractivity contribution < 1.29 is 89.4 Å². The molecular formula is C55H99NO18. The van der Waals surface area contributed by atoms with Gasteiger partial charge >= 0.3 is 0 Å². The molecule has 0 bridgehead atoms. The van der Waals surface area contributed by atoms with Crippen LogP contribution in [-0.2, 0) is 33.2 Å². The van der Waals surface area contributed by atoms with Gasteiger partial charge in [-0.1, -0.05) is 159 Å². The lowest BCUT2D eigenvalue weighted by Gasteiger charge is -2.48. The van der Waals surface area contributed by atoms with Crippen LogP contribution in [0.5, 0.6) is 0 Å². The van der Waals surface area contributed by atoms with E-state index < -0.39 is 124 Å². The third kappa shape index (κ3) is 23.9. The van der Waals surface area contributed by atoms with Gasteiger partial charge in [-0.25, -0.2) is 0 Å². The van der Waals surface area contributed by atoms with E-state index in [-0.39, 0.29) is 18.9 Å². The minimum Gasteiger partial charge on any atom is -0.394 e. The maximum atomic E-state index is 13.1. The van der Waals surface area contributed by atoms with Gasteiger partial charge in [0.2, 0.25) is 5.91 Å². The Morgan fingerprint density at radius 1 is 0.473 bits per heavy atom. The molecule has 0 aromatic heterocycles. The molecule has 0 saturated carbocycles. The molecule has 0 spiro atoms. The summed E-state index contributed by atoms with van der Waals surface area (Å²) in [5.41, 5.74) is 0. The molecule has 432 valence electrons. The summed E-state index contributed by atoms with van der Waals surface area (Å²) in [7, 11) is 0. The van der Waals surface area contributed by atoms with Crippen LogP contribution in [0.1, 0.15) is 174 Å². The van der Waals surface area contributed by atoms with Gasteiger partial charge in [0.15, 0.2) is 18.9 Å². The van der Waals surface area contributed by atoms with Crippen molar-refractivity contribution in [1.82, 2.24) is 5.32 Å². The number of allylic oxidation sites excluding steroid dienone is 5. The Hall–Kier alpha value is -1.99. The van der Waals surface area contributed by atoms with Gasteiger partial charge in [-0.3, -0.25) is 4.79 Å². The second-order valence-electron chi connectivity index (χ2n) is 20.4. The van der Waals surface area contributed by atoms with Crippen LogP contribution in [-0.4, -0.2) is 193 Å². The average Bonchev–Trinajstić information content (AvgIpc) is 3.40. The first-order valence-electron chi connectivity index (χ1n) is 28.2. The minimum atomic E-state index is -1.98. The number of hydrogen-bond acceptors (Lipinski definition) is 18. The molecule has 17 atom stereocenters. The van der Waals surface area contributed by atoms with Gasteiger partial charge in [0.1, 0.15) is 73.2 Å². The van der Waals surface area contributed by atoms with Crippen molar-refractivity contribution in [3.05, 3.63) is 36.5 Å². The molecule has 74 heavy (non-hydrogen) atoms. The summed E-state index contributed by atoms with van der Waals surface area (Å²) in [5, 5.41) is 119. The maximum absolute atomic E-state index is 13.1. The number of nitrogens with one attached hydrogen (secondary N) is 1. The van der Waals surface area contributed by atoms with Crippen molar-refractivity contribution in [3.8, 4) is 0 Å². The van der Waals surface area contributed by atoms with Crippen molar-refractivity contribution >= 4 is 5.91 Å². The number of carbonyl (C=O) groups is 1. The Balaban J connectivity index is 1.47. The number of aliphatic hydroxyl groups is 11. The summed E-state index contributed by atoms with van der Waals surface area (Å²) in [4.78, 5) is 13.1. The van der Waals surface area contributed by atoms with E-state index >= 15 is 0 Å². The lowest BCUT2D eigenvalue weighted by molar-refractivity contribution is -0.379. The normalized spacial score (nSPS) is 31.7. The molecule has 0 aromatic rings. The fourth-order valence-electron chi connectivity index (χ4n) is 9.46. The van der Waals surface area contributed by atoms with Crippen molar-refractivity contribution in [2.45, 2.75) is 279 Å². The van der Waals surface area contributed by atoms with E-state index in [0.29, 0.717) is 12.8 Å². The minimum absolute atomic E-state index is 0.229. The lowest BCUT2D eigenvalue weighted by Crippen LogP contribution is -2.66. The Bertz CT molecular complexity index is 1500. The predicted octanol–water partition coefficient (Wildman–Crippen LogP) is 3.76. The molecule has 0 aliphatic carbocycles. The summed E-state index contributed by atoms with van der Waals surface area (Å²) in [5.74, 6) is -0.301. The SMILES string of the molecule is CCCCCCCCCCCCCCC/C=C/CC/C=C/CC/C=C/C(O)C(COC1OC(CO)C(OC2OC(CO)C(OC3OC(CO)C(O)C(O)C3O)C(O)C2O)C(O)C1O)NC(=O)CCCCCCCC. The highest BCUT2D eigenvalue weighted by Gasteiger charge is 2.53. The second kappa shape index (κ2) is 39.4. The number of ether oxygens (including phenoxy) is 6. The number of unbranched alkanes of at least 4 members (excludes halogenated alkanes) is 20. The summed E-state index contributed by atoms with van der Waals surface area (Å²) in [6.07, 6.45) is 13.4. The standard InChI is InChI=1S/C55H99NO18/c1-3-5-7-9-11-12-13-14-15-16-17-18-19-20-21-22-23-24-25-26-27-28-30-32-39(60)38(56-43(61)33-31-29-10-8-6-4-2)37-69-53-49(67)46(64)51(41(35-58)71-53)74-55-50(68)47(65)52(42(36-59)72-55)73-54-48(66)45(63)44(62)40(34-57)70-54/h21-22,25-26,30,32,38-42,44-55,57-60,62-68H,3-20,23-24,27-29,31,33-37H2,1-2H3,(H,56,61)/b22-21+,26-25+,32-30+. The van der Waals surface area contributed by atoms with E-state index in [1.54, 1.807) is 6.08 Å². The summed E-state index contributed by atoms with van der Waals surface area (Å²) >= 11 is 0. The molecule has 3 rings (SSSR count). The number of carbonyl (C=O) groups excluding carboxylic acids is 1. The Kier molecular flexibility index (Phi) is 35.3. The van der Waals surface area contributed by atoms with Crippen LogP contribution < -0.4 is 5.32 Å². The van der Waals surface area contributed by atoms with Crippen LogP contribution in [0.2, 0.25) is 0 Å². The van der Waals surface area contributed by atoms with E-state index in [4.69, 9.17) is 28.4 Å². The summed E-state index contributed by atoms with van der Waals surface area (Å²) < 4.78 is 34.0. The molecule has 0 radical (unpaired) electrons. The van der Waals surface area contributed by atoms with Gasteiger partial charge in [-0.15, -0.1) is 0 Å². The van der Waals surface area contributed by atoms with E-state index in [1.807, 2.05) is 6.08 Å². The number of aliphatic hydroxyl groups excluding tert-OH is 11.